The van der Waals surface area contributed by atoms with Crippen LogP contribution in [0.15, 0.2) is 65.2 Å². The summed E-state index contributed by atoms with van der Waals surface area (Å²) in [5.74, 6) is 0.934. The SMILES string of the molecule is Cc1cc(CN2CCN(CC(=O)Nc3ccccc3Cc3ccccc3)CC2)on1. The highest BCUT2D eigenvalue weighted by Gasteiger charge is 2.20. The van der Waals surface area contributed by atoms with Crippen LogP contribution in [0.3, 0.4) is 0 Å². The van der Waals surface area contributed by atoms with Gasteiger partial charge in [0.1, 0.15) is 0 Å². The lowest BCUT2D eigenvalue weighted by molar-refractivity contribution is -0.117. The van der Waals surface area contributed by atoms with Gasteiger partial charge in [0, 0.05) is 37.9 Å². The monoisotopic (exact) mass is 404 g/mol. The maximum Gasteiger partial charge on any atom is 0.238 e. The Labute approximate surface area is 177 Å². The molecule has 30 heavy (non-hydrogen) atoms. The molecule has 6 nitrogen and oxygen atoms in total. The van der Waals surface area contributed by atoms with Crippen LogP contribution in [0.2, 0.25) is 0 Å². The van der Waals surface area contributed by atoms with Crippen molar-refractivity contribution in [3.8, 4) is 0 Å². The highest BCUT2D eigenvalue weighted by Crippen LogP contribution is 2.19. The summed E-state index contributed by atoms with van der Waals surface area (Å²) in [5.41, 5.74) is 4.17. The van der Waals surface area contributed by atoms with E-state index in [1.54, 1.807) is 0 Å². The van der Waals surface area contributed by atoms with E-state index in [9.17, 15) is 4.79 Å². The Kier molecular flexibility index (Phi) is 6.57. The van der Waals surface area contributed by atoms with Gasteiger partial charge >= 0.3 is 0 Å². The topological polar surface area (TPSA) is 61.6 Å². The van der Waals surface area contributed by atoms with Gasteiger partial charge in [-0.1, -0.05) is 53.7 Å². The minimum Gasteiger partial charge on any atom is -0.360 e. The molecule has 2 heterocycles. The molecule has 0 aliphatic carbocycles. The van der Waals surface area contributed by atoms with Crippen molar-refractivity contribution in [2.24, 2.45) is 0 Å². The van der Waals surface area contributed by atoms with Gasteiger partial charge in [-0.3, -0.25) is 14.6 Å². The fourth-order valence-corrected chi connectivity index (χ4v) is 3.82. The number of piperazine rings is 1. The second kappa shape index (κ2) is 9.69. The van der Waals surface area contributed by atoms with Crippen molar-refractivity contribution in [3.05, 3.63) is 83.2 Å². The molecule has 1 amide bonds. The van der Waals surface area contributed by atoms with Crippen LogP contribution in [0.25, 0.3) is 0 Å². The Morgan fingerprint density at radius 1 is 1.00 bits per heavy atom. The number of rotatable bonds is 7. The van der Waals surface area contributed by atoms with Crippen molar-refractivity contribution >= 4 is 11.6 Å². The van der Waals surface area contributed by atoms with E-state index in [-0.39, 0.29) is 5.91 Å². The summed E-state index contributed by atoms with van der Waals surface area (Å²) in [4.78, 5) is 17.2. The molecule has 0 atom stereocenters. The largest absolute Gasteiger partial charge is 0.360 e. The van der Waals surface area contributed by atoms with Crippen molar-refractivity contribution in [3.63, 3.8) is 0 Å². The van der Waals surface area contributed by atoms with Crippen LogP contribution in [0, 0.1) is 6.92 Å². The summed E-state index contributed by atoms with van der Waals surface area (Å²) < 4.78 is 5.31. The third kappa shape index (κ3) is 5.55. The van der Waals surface area contributed by atoms with Gasteiger partial charge in [-0.2, -0.15) is 0 Å². The highest BCUT2D eigenvalue weighted by molar-refractivity contribution is 5.93. The number of hydrogen-bond acceptors (Lipinski definition) is 5. The van der Waals surface area contributed by atoms with Crippen LogP contribution in [0.5, 0.6) is 0 Å². The van der Waals surface area contributed by atoms with Crippen LogP contribution < -0.4 is 5.32 Å². The molecule has 156 valence electrons. The van der Waals surface area contributed by atoms with Crippen LogP contribution >= 0.6 is 0 Å². The first-order valence-electron chi connectivity index (χ1n) is 10.4. The van der Waals surface area contributed by atoms with Gasteiger partial charge in [0.2, 0.25) is 5.91 Å². The Bertz CT molecular complexity index is 962. The summed E-state index contributed by atoms with van der Waals surface area (Å²) in [6.45, 7) is 6.68. The first kappa shape index (κ1) is 20.3. The van der Waals surface area contributed by atoms with E-state index in [0.29, 0.717) is 6.54 Å². The lowest BCUT2D eigenvalue weighted by Gasteiger charge is -2.33. The van der Waals surface area contributed by atoms with Gasteiger partial charge in [0.05, 0.1) is 18.8 Å². The van der Waals surface area contributed by atoms with E-state index in [0.717, 1.165) is 61.8 Å². The molecule has 1 aliphatic heterocycles. The van der Waals surface area contributed by atoms with E-state index < -0.39 is 0 Å². The molecular formula is C24H28N4O2. The number of carbonyl (C=O) groups is 1. The van der Waals surface area contributed by atoms with Gasteiger partial charge in [0.25, 0.3) is 0 Å². The number of para-hydroxylation sites is 1. The van der Waals surface area contributed by atoms with E-state index in [1.165, 1.54) is 5.56 Å². The standard InChI is InChI=1S/C24H28N4O2/c1-19-15-22(30-26-19)17-27-11-13-28(14-12-27)18-24(29)25-23-10-6-5-9-21(23)16-20-7-3-2-4-8-20/h2-10,15H,11-14,16-18H2,1H3,(H,25,29). The molecule has 0 spiro atoms. The lowest BCUT2D eigenvalue weighted by atomic mass is 10.0. The molecule has 2 aromatic carbocycles. The highest BCUT2D eigenvalue weighted by atomic mass is 16.5. The first-order chi connectivity index (χ1) is 14.7. The minimum absolute atomic E-state index is 0.0369. The van der Waals surface area contributed by atoms with E-state index in [1.807, 2.05) is 49.4 Å². The van der Waals surface area contributed by atoms with Crippen molar-refractivity contribution in [1.29, 1.82) is 0 Å². The smallest absolute Gasteiger partial charge is 0.238 e. The Hall–Kier alpha value is -2.96. The van der Waals surface area contributed by atoms with Crippen molar-refractivity contribution in [2.75, 3.05) is 38.0 Å². The molecule has 1 saturated heterocycles. The Morgan fingerprint density at radius 2 is 1.70 bits per heavy atom. The number of benzene rings is 2. The van der Waals surface area contributed by atoms with E-state index >= 15 is 0 Å². The molecule has 1 aliphatic rings. The predicted octanol–water partition coefficient (Wildman–Crippen LogP) is 3.33. The molecule has 1 aromatic heterocycles. The fraction of sp³-hybridized carbons (Fsp3) is 0.333. The molecule has 0 saturated carbocycles. The maximum atomic E-state index is 12.7. The third-order valence-electron chi connectivity index (χ3n) is 5.42. The summed E-state index contributed by atoms with van der Waals surface area (Å²) in [5, 5.41) is 7.06. The number of anilines is 1. The summed E-state index contributed by atoms with van der Waals surface area (Å²) in [7, 11) is 0. The average Bonchev–Trinajstić information content (AvgIpc) is 3.16. The molecule has 1 N–H and O–H groups in total. The molecule has 1 fully saturated rings. The summed E-state index contributed by atoms with van der Waals surface area (Å²) in [6.07, 6.45) is 0.803. The molecule has 0 radical (unpaired) electrons. The van der Waals surface area contributed by atoms with E-state index in [2.05, 4.69) is 38.5 Å². The van der Waals surface area contributed by atoms with Crippen molar-refractivity contribution in [2.45, 2.75) is 19.9 Å². The third-order valence-corrected chi connectivity index (χ3v) is 5.42. The van der Waals surface area contributed by atoms with Crippen molar-refractivity contribution in [1.82, 2.24) is 15.0 Å². The van der Waals surface area contributed by atoms with Gasteiger partial charge < -0.3 is 9.84 Å². The second-order valence-corrected chi connectivity index (χ2v) is 7.85. The van der Waals surface area contributed by atoms with E-state index in [4.69, 9.17) is 4.52 Å². The molecule has 4 rings (SSSR count). The number of carbonyl (C=O) groups excluding carboxylic acids is 1. The molecular weight excluding hydrogens is 376 g/mol. The minimum atomic E-state index is 0.0369. The molecule has 6 heteroatoms. The zero-order valence-electron chi connectivity index (χ0n) is 17.4. The van der Waals surface area contributed by atoms with Crippen LogP contribution in [0.4, 0.5) is 5.69 Å². The van der Waals surface area contributed by atoms with Crippen LogP contribution in [0.1, 0.15) is 22.6 Å². The van der Waals surface area contributed by atoms with Gasteiger partial charge in [-0.15, -0.1) is 0 Å². The Morgan fingerprint density at radius 3 is 2.43 bits per heavy atom. The average molecular weight is 405 g/mol. The zero-order valence-corrected chi connectivity index (χ0v) is 17.4. The number of nitrogens with zero attached hydrogens (tertiary/aromatic N) is 3. The fourth-order valence-electron chi connectivity index (χ4n) is 3.82. The zero-order chi connectivity index (χ0) is 20.8. The van der Waals surface area contributed by atoms with Crippen LogP contribution in [-0.2, 0) is 17.8 Å². The normalized spacial score (nSPS) is 15.2. The summed E-state index contributed by atoms with van der Waals surface area (Å²) in [6, 6.07) is 20.3. The number of nitrogens with one attached hydrogen (secondary N) is 1. The Balaban J connectivity index is 1.27. The number of aromatic nitrogens is 1. The molecule has 3 aromatic rings. The molecule has 0 unspecified atom stereocenters. The quantitative estimate of drug-likeness (QED) is 0.655. The van der Waals surface area contributed by atoms with Crippen LogP contribution in [-0.4, -0.2) is 53.6 Å². The van der Waals surface area contributed by atoms with Gasteiger partial charge in [0.15, 0.2) is 5.76 Å². The maximum absolute atomic E-state index is 12.7. The number of aryl methyl sites for hydroxylation is 1. The number of amides is 1. The predicted molar refractivity (Wildman–Crippen MR) is 117 cm³/mol. The first-order valence-corrected chi connectivity index (χ1v) is 10.4. The number of hydrogen-bond donors (Lipinski definition) is 1. The van der Waals surface area contributed by atoms with Gasteiger partial charge in [-0.25, -0.2) is 0 Å². The van der Waals surface area contributed by atoms with Gasteiger partial charge in [-0.05, 0) is 30.5 Å². The van der Waals surface area contributed by atoms with Crippen molar-refractivity contribution < 1.29 is 9.32 Å². The summed E-state index contributed by atoms with van der Waals surface area (Å²) >= 11 is 0. The molecule has 0 bridgehead atoms. The lowest BCUT2D eigenvalue weighted by Crippen LogP contribution is -2.48. The second-order valence-electron chi connectivity index (χ2n) is 7.85.